The van der Waals surface area contributed by atoms with Crippen LogP contribution >= 0.6 is 15.9 Å². The number of hydrogen-bond acceptors (Lipinski definition) is 2. The van der Waals surface area contributed by atoms with Gasteiger partial charge in [-0.3, -0.25) is 4.79 Å². The molecule has 0 amide bonds. The predicted molar refractivity (Wildman–Crippen MR) is 101 cm³/mol. The van der Waals surface area contributed by atoms with Crippen molar-refractivity contribution in [1.29, 1.82) is 0 Å². The number of Topliss-reactive ketones (excluding diaryl/α,β-unsaturated/α-hetero) is 1. The summed E-state index contributed by atoms with van der Waals surface area (Å²) < 4.78 is 15.9. The molecule has 0 aliphatic carbocycles. The molecule has 0 fully saturated rings. The first-order valence-corrected chi connectivity index (χ1v) is 8.97. The standard InChI is InChI=1S/C21H17BrFNO2/c1-14-5-2-3-7-17(14)19(18-9-8-16(22)11-20(18)23)12-21(25)15-6-4-10-24(26)13-15/h2-11,13,19H,12H2,1H3. The van der Waals surface area contributed by atoms with Crippen molar-refractivity contribution in [2.45, 2.75) is 19.3 Å². The number of aryl methyl sites for hydroxylation is 1. The van der Waals surface area contributed by atoms with Crippen molar-refractivity contribution in [1.82, 2.24) is 0 Å². The summed E-state index contributed by atoms with van der Waals surface area (Å²) in [6.07, 6.45) is 2.65. The van der Waals surface area contributed by atoms with Crippen LogP contribution in [0.3, 0.4) is 0 Å². The molecule has 132 valence electrons. The zero-order chi connectivity index (χ0) is 18.7. The van der Waals surface area contributed by atoms with Crippen molar-refractivity contribution in [2.24, 2.45) is 0 Å². The van der Waals surface area contributed by atoms with Crippen molar-refractivity contribution in [3.8, 4) is 0 Å². The summed E-state index contributed by atoms with van der Waals surface area (Å²) in [7, 11) is 0. The van der Waals surface area contributed by atoms with Crippen molar-refractivity contribution in [3.05, 3.63) is 105 Å². The molecule has 3 nitrogen and oxygen atoms in total. The molecular weight excluding hydrogens is 397 g/mol. The number of carbonyl (C=O) groups excluding carboxylic acids is 1. The minimum Gasteiger partial charge on any atom is -0.619 e. The van der Waals surface area contributed by atoms with Gasteiger partial charge in [0.25, 0.3) is 0 Å². The van der Waals surface area contributed by atoms with Gasteiger partial charge in [-0.2, -0.15) is 4.73 Å². The summed E-state index contributed by atoms with van der Waals surface area (Å²) in [4.78, 5) is 12.8. The van der Waals surface area contributed by atoms with Gasteiger partial charge >= 0.3 is 0 Å². The predicted octanol–water partition coefficient (Wildman–Crippen LogP) is 4.93. The Balaban J connectivity index is 2.03. The van der Waals surface area contributed by atoms with Crippen LogP contribution < -0.4 is 4.73 Å². The van der Waals surface area contributed by atoms with Gasteiger partial charge in [-0.1, -0.05) is 46.3 Å². The fourth-order valence-corrected chi connectivity index (χ4v) is 3.41. The van der Waals surface area contributed by atoms with Gasteiger partial charge in [0, 0.05) is 22.9 Å². The lowest BCUT2D eigenvalue weighted by molar-refractivity contribution is -0.605. The van der Waals surface area contributed by atoms with Crippen molar-refractivity contribution < 1.29 is 13.9 Å². The highest BCUT2D eigenvalue weighted by Crippen LogP contribution is 2.34. The van der Waals surface area contributed by atoms with Gasteiger partial charge in [0.2, 0.25) is 0 Å². The molecule has 0 aliphatic rings. The average Bonchev–Trinajstić information content (AvgIpc) is 2.61. The molecule has 1 atom stereocenters. The van der Waals surface area contributed by atoms with E-state index in [9.17, 15) is 14.4 Å². The monoisotopic (exact) mass is 413 g/mol. The molecule has 1 unspecified atom stereocenters. The maximum Gasteiger partial charge on any atom is 0.191 e. The van der Waals surface area contributed by atoms with Crippen molar-refractivity contribution >= 4 is 21.7 Å². The van der Waals surface area contributed by atoms with E-state index >= 15 is 0 Å². The van der Waals surface area contributed by atoms with Gasteiger partial charge < -0.3 is 5.21 Å². The van der Waals surface area contributed by atoms with Crippen molar-refractivity contribution in [2.75, 3.05) is 0 Å². The highest BCUT2D eigenvalue weighted by Gasteiger charge is 2.24. The number of aromatic nitrogens is 1. The summed E-state index contributed by atoms with van der Waals surface area (Å²) in [6, 6.07) is 15.6. The van der Waals surface area contributed by atoms with Crippen LogP contribution in [0.1, 0.15) is 39.4 Å². The Hall–Kier alpha value is -2.53. The van der Waals surface area contributed by atoms with Crippen LogP contribution in [0.2, 0.25) is 0 Å². The second-order valence-corrected chi connectivity index (χ2v) is 7.07. The Labute approximate surface area is 159 Å². The number of ketones is 1. The van der Waals surface area contributed by atoms with E-state index in [1.54, 1.807) is 18.2 Å². The number of pyridine rings is 1. The van der Waals surface area contributed by atoms with E-state index < -0.39 is 5.92 Å². The first kappa shape index (κ1) is 18.3. The number of hydrogen-bond donors (Lipinski definition) is 0. The van der Waals surface area contributed by atoms with Gasteiger partial charge in [0.1, 0.15) is 5.82 Å². The SMILES string of the molecule is Cc1ccccc1C(CC(=O)c1ccc[n+]([O-])c1)c1ccc(Br)cc1F. The van der Waals surface area contributed by atoms with E-state index in [-0.39, 0.29) is 18.0 Å². The summed E-state index contributed by atoms with van der Waals surface area (Å²) in [5.41, 5.74) is 2.66. The Morgan fingerprint density at radius 2 is 1.92 bits per heavy atom. The lowest BCUT2D eigenvalue weighted by atomic mass is 9.83. The molecule has 1 aromatic heterocycles. The number of halogens is 2. The van der Waals surface area contributed by atoms with Gasteiger partial charge in [-0.05, 0) is 41.8 Å². The van der Waals surface area contributed by atoms with E-state index in [2.05, 4.69) is 15.9 Å². The first-order valence-electron chi connectivity index (χ1n) is 8.18. The zero-order valence-corrected chi connectivity index (χ0v) is 15.7. The van der Waals surface area contributed by atoms with Crippen LogP contribution in [-0.4, -0.2) is 5.78 Å². The number of benzene rings is 2. The average molecular weight is 414 g/mol. The molecule has 5 heteroatoms. The van der Waals surface area contributed by atoms with Gasteiger partial charge in [-0.15, -0.1) is 0 Å². The van der Waals surface area contributed by atoms with Crippen LogP contribution in [0.15, 0.2) is 71.5 Å². The second-order valence-electron chi connectivity index (χ2n) is 6.15. The molecule has 1 heterocycles. The topological polar surface area (TPSA) is 44.0 Å². The Morgan fingerprint density at radius 3 is 2.62 bits per heavy atom. The maximum absolute atomic E-state index is 14.6. The van der Waals surface area contributed by atoms with Crippen LogP contribution in [0.5, 0.6) is 0 Å². The van der Waals surface area contributed by atoms with Gasteiger partial charge in [0.15, 0.2) is 18.2 Å². The first-order chi connectivity index (χ1) is 12.5. The largest absolute Gasteiger partial charge is 0.619 e. The van der Waals surface area contributed by atoms with E-state index in [0.717, 1.165) is 11.1 Å². The molecule has 0 saturated carbocycles. The third-order valence-corrected chi connectivity index (χ3v) is 4.88. The molecular formula is C21H17BrFNO2. The minimum atomic E-state index is -0.433. The van der Waals surface area contributed by atoms with Crippen LogP contribution in [-0.2, 0) is 0 Å². The number of rotatable bonds is 5. The molecule has 0 aliphatic heterocycles. The van der Waals surface area contributed by atoms with E-state index in [0.29, 0.717) is 20.3 Å². The quantitative estimate of drug-likeness (QED) is 0.338. The van der Waals surface area contributed by atoms with Crippen LogP contribution in [0, 0.1) is 17.9 Å². The van der Waals surface area contributed by atoms with E-state index in [1.165, 1.54) is 24.5 Å². The molecule has 26 heavy (non-hydrogen) atoms. The van der Waals surface area contributed by atoms with Gasteiger partial charge in [-0.25, -0.2) is 4.39 Å². The maximum atomic E-state index is 14.6. The van der Waals surface area contributed by atoms with E-state index in [1.807, 2.05) is 31.2 Å². The second kappa shape index (κ2) is 7.79. The van der Waals surface area contributed by atoms with Crippen LogP contribution in [0.25, 0.3) is 0 Å². The third kappa shape index (κ3) is 3.99. The molecule has 0 spiro atoms. The normalized spacial score (nSPS) is 12.0. The summed E-state index contributed by atoms with van der Waals surface area (Å²) in [6.45, 7) is 1.94. The van der Waals surface area contributed by atoms with Crippen LogP contribution in [0.4, 0.5) is 4.39 Å². The lowest BCUT2D eigenvalue weighted by Crippen LogP contribution is -2.26. The molecule has 0 bridgehead atoms. The zero-order valence-electron chi connectivity index (χ0n) is 14.2. The van der Waals surface area contributed by atoms with Gasteiger partial charge in [0.05, 0.1) is 5.56 Å². The summed E-state index contributed by atoms with van der Waals surface area (Å²) in [5.74, 6) is -1.00. The summed E-state index contributed by atoms with van der Waals surface area (Å²) in [5, 5.41) is 11.5. The molecule has 2 aromatic carbocycles. The number of carbonyl (C=O) groups is 1. The number of nitrogens with zero attached hydrogens (tertiary/aromatic N) is 1. The molecule has 3 rings (SSSR count). The summed E-state index contributed by atoms with van der Waals surface area (Å²) >= 11 is 3.27. The third-order valence-electron chi connectivity index (χ3n) is 4.39. The Kier molecular flexibility index (Phi) is 5.47. The minimum absolute atomic E-state index is 0.0768. The Bertz CT molecular complexity index is 958. The van der Waals surface area contributed by atoms with Crippen molar-refractivity contribution in [3.63, 3.8) is 0 Å². The Morgan fingerprint density at radius 1 is 1.15 bits per heavy atom. The van der Waals surface area contributed by atoms with E-state index in [4.69, 9.17) is 0 Å². The lowest BCUT2D eigenvalue weighted by Gasteiger charge is -2.20. The molecule has 0 N–H and O–H groups in total. The highest BCUT2D eigenvalue weighted by atomic mass is 79.9. The smallest absolute Gasteiger partial charge is 0.191 e. The fraction of sp³-hybridized carbons (Fsp3) is 0.143. The highest BCUT2D eigenvalue weighted by molar-refractivity contribution is 9.10. The molecule has 0 radical (unpaired) electrons. The fourth-order valence-electron chi connectivity index (χ4n) is 3.07. The molecule has 3 aromatic rings. The molecule has 0 saturated heterocycles.